The van der Waals surface area contributed by atoms with Gasteiger partial charge in [0.1, 0.15) is 0 Å². The average Bonchev–Trinajstić information content (AvgIpc) is 2.44. The van der Waals surface area contributed by atoms with Crippen molar-refractivity contribution in [3.8, 4) is 0 Å². The van der Waals surface area contributed by atoms with Crippen LogP contribution < -0.4 is 0 Å². The van der Waals surface area contributed by atoms with E-state index in [1.807, 2.05) is 18.2 Å². The molecule has 2 heteroatoms. The standard InChI is InChI=1S/C17H19NO/c1-4-15-12-13(2)17(16-8-6-5-7-9-16)18(10-11-19)14(15)3/h4-9,12,19H,1,3,10-11H2,2H3. The SMILES string of the molecule is C=CC1=CC(C)=C(c2ccccc2)N(CCO)C1=C. The van der Waals surface area contributed by atoms with Crippen molar-refractivity contribution in [3.05, 3.63) is 78.0 Å². The molecule has 2 rings (SSSR count). The van der Waals surface area contributed by atoms with Crippen molar-refractivity contribution in [1.29, 1.82) is 0 Å². The molecule has 1 N–H and O–H groups in total. The molecule has 0 unspecified atom stereocenters. The summed E-state index contributed by atoms with van der Waals surface area (Å²) in [5, 5.41) is 9.30. The van der Waals surface area contributed by atoms with Gasteiger partial charge in [-0.25, -0.2) is 0 Å². The molecule has 0 amide bonds. The van der Waals surface area contributed by atoms with E-state index in [0.717, 1.165) is 28.1 Å². The highest BCUT2D eigenvalue weighted by Crippen LogP contribution is 2.34. The fraction of sp³-hybridized carbons (Fsp3) is 0.176. The molecule has 1 aliphatic rings. The van der Waals surface area contributed by atoms with Gasteiger partial charge in [-0.2, -0.15) is 0 Å². The van der Waals surface area contributed by atoms with Crippen LogP contribution in [0.25, 0.3) is 5.70 Å². The Morgan fingerprint density at radius 2 is 1.95 bits per heavy atom. The minimum absolute atomic E-state index is 0.0903. The molecule has 1 aromatic rings. The zero-order chi connectivity index (χ0) is 13.8. The molecule has 0 bridgehead atoms. The van der Waals surface area contributed by atoms with Gasteiger partial charge in [0.2, 0.25) is 0 Å². The molecule has 0 saturated heterocycles. The second-order valence-corrected chi connectivity index (χ2v) is 4.52. The summed E-state index contributed by atoms with van der Waals surface area (Å²) in [4.78, 5) is 2.06. The van der Waals surface area contributed by atoms with Crippen LogP contribution in [0.4, 0.5) is 0 Å². The highest BCUT2D eigenvalue weighted by Gasteiger charge is 2.21. The van der Waals surface area contributed by atoms with Gasteiger partial charge in [-0.05, 0) is 29.7 Å². The smallest absolute Gasteiger partial charge is 0.0610 e. The number of hydrogen-bond acceptors (Lipinski definition) is 2. The van der Waals surface area contributed by atoms with Crippen LogP contribution in [0.3, 0.4) is 0 Å². The second-order valence-electron chi connectivity index (χ2n) is 4.52. The molecule has 0 aromatic heterocycles. The molecular weight excluding hydrogens is 234 g/mol. The third-order valence-corrected chi connectivity index (χ3v) is 3.27. The number of aliphatic hydroxyl groups is 1. The lowest BCUT2D eigenvalue weighted by Gasteiger charge is -2.34. The third kappa shape index (κ3) is 2.54. The monoisotopic (exact) mass is 253 g/mol. The van der Waals surface area contributed by atoms with Crippen molar-refractivity contribution in [2.24, 2.45) is 0 Å². The van der Waals surface area contributed by atoms with Crippen LogP contribution in [0, 0.1) is 0 Å². The predicted molar refractivity (Wildman–Crippen MR) is 80.2 cm³/mol. The van der Waals surface area contributed by atoms with Crippen LogP contribution in [0.5, 0.6) is 0 Å². The van der Waals surface area contributed by atoms with Gasteiger partial charge in [0.15, 0.2) is 0 Å². The highest BCUT2D eigenvalue weighted by atomic mass is 16.3. The minimum Gasteiger partial charge on any atom is -0.395 e. The van der Waals surface area contributed by atoms with Gasteiger partial charge >= 0.3 is 0 Å². The summed E-state index contributed by atoms with van der Waals surface area (Å²) in [6.07, 6.45) is 3.89. The van der Waals surface area contributed by atoms with E-state index in [9.17, 15) is 5.11 Å². The number of β-amino-alcohol motifs (C(OH)–C–C–N with tert-alkyl or cyclic N) is 1. The van der Waals surface area contributed by atoms with Crippen LogP contribution in [-0.2, 0) is 0 Å². The van der Waals surface area contributed by atoms with Crippen LogP contribution in [0.1, 0.15) is 12.5 Å². The number of aliphatic hydroxyl groups excluding tert-OH is 1. The Morgan fingerprint density at radius 1 is 1.26 bits per heavy atom. The Labute approximate surface area is 114 Å². The molecule has 0 saturated carbocycles. The molecule has 0 spiro atoms. The number of benzene rings is 1. The maximum absolute atomic E-state index is 9.30. The highest BCUT2D eigenvalue weighted by molar-refractivity contribution is 5.74. The van der Waals surface area contributed by atoms with Crippen molar-refractivity contribution in [2.45, 2.75) is 6.92 Å². The number of rotatable bonds is 4. The fourth-order valence-corrected chi connectivity index (χ4v) is 2.39. The Balaban J connectivity index is 2.55. The maximum Gasteiger partial charge on any atom is 0.0610 e. The summed E-state index contributed by atoms with van der Waals surface area (Å²) in [6, 6.07) is 10.2. The van der Waals surface area contributed by atoms with Gasteiger partial charge in [-0.1, -0.05) is 49.6 Å². The van der Waals surface area contributed by atoms with E-state index in [1.165, 1.54) is 0 Å². The Hall–Kier alpha value is -2.06. The molecular formula is C17H19NO. The number of allylic oxidation sites excluding steroid dienone is 3. The Morgan fingerprint density at radius 3 is 2.53 bits per heavy atom. The van der Waals surface area contributed by atoms with Gasteiger partial charge in [-0.3, -0.25) is 0 Å². The summed E-state index contributed by atoms with van der Waals surface area (Å²) in [5.41, 5.74) is 5.28. The number of hydrogen-bond donors (Lipinski definition) is 1. The summed E-state index contributed by atoms with van der Waals surface area (Å²) < 4.78 is 0. The van der Waals surface area contributed by atoms with E-state index in [0.29, 0.717) is 6.54 Å². The first kappa shape index (κ1) is 13.4. The zero-order valence-electron chi connectivity index (χ0n) is 11.3. The molecule has 0 fully saturated rings. The maximum atomic E-state index is 9.30. The molecule has 0 atom stereocenters. The largest absolute Gasteiger partial charge is 0.395 e. The Kier molecular flexibility index (Phi) is 4.03. The lowest BCUT2D eigenvalue weighted by atomic mass is 9.97. The third-order valence-electron chi connectivity index (χ3n) is 3.27. The van der Waals surface area contributed by atoms with E-state index in [-0.39, 0.29) is 6.61 Å². The molecule has 2 nitrogen and oxygen atoms in total. The fourth-order valence-electron chi connectivity index (χ4n) is 2.39. The van der Waals surface area contributed by atoms with Gasteiger partial charge < -0.3 is 10.0 Å². The Bertz CT molecular complexity index is 552. The van der Waals surface area contributed by atoms with Crippen molar-refractivity contribution in [3.63, 3.8) is 0 Å². The first-order chi connectivity index (χ1) is 9.19. The molecule has 1 heterocycles. The lowest BCUT2D eigenvalue weighted by molar-refractivity contribution is 0.262. The van der Waals surface area contributed by atoms with E-state index in [2.05, 4.69) is 43.2 Å². The van der Waals surface area contributed by atoms with Crippen molar-refractivity contribution in [2.75, 3.05) is 13.2 Å². The summed E-state index contributed by atoms with van der Waals surface area (Å²) >= 11 is 0. The average molecular weight is 253 g/mol. The van der Waals surface area contributed by atoms with E-state index in [1.54, 1.807) is 6.08 Å². The lowest BCUT2D eigenvalue weighted by Crippen LogP contribution is -2.28. The molecule has 98 valence electrons. The van der Waals surface area contributed by atoms with Gasteiger partial charge in [0, 0.05) is 12.2 Å². The normalized spacial score (nSPS) is 15.6. The van der Waals surface area contributed by atoms with Crippen molar-refractivity contribution in [1.82, 2.24) is 4.90 Å². The van der Waals surface area contributed by atoms with E-state index >= 15 is 0 Å². The topological polar surface area (TPSA) is 23.5 Å². The molecule has 0 radical (unpaired) electrons. The first-order valence-electron chi connectivity index (χ1n) is 6.37. The summed E-state index contributed by atoms with van der Waals surface area (Å²) in [7, 11) is 0. The first-order valence-corrected chi connectivity index (χ1v) is 6.37. The van der Waals surface area contributed by atoms with E-state index < -0.39 is 0 Å². The number of nitrogens with zero attached hydrogens (tertiary/aromatic N) is 1. The van der Waals surface area contributed by atoms with Crippen molar-refractivity contribution < 1.29 is 5.11 Å². The van der Waals surface area contributed by atoms with Crippen LogP contribution in [-0.4, -0.2) is 23.2 Å². The van der Waals surface area contributed by atoms with Crippen LogP contribution in [0.15, 0.2) is 72.5 Å². The van der Waals surface area contributed by atoms with Crippen LogP contribution >= 0.6 is 0 Å². The summed E-state index contributed by atoms with van der Waals surface area (Å²) in [6.45, 7) is 10.6. The van der Waals surface area contributed by atoms with Crippen LogP contribution in [0.2, 0.25) is 0 Å². The van der Waals surface area contributed by atoms with Gasteiger partial charge in [-0.15, -0.1) is 0 Å². The zero-order valence-corrected chi connectivity index (χ0v) is 11.3. The quantitative estimate of drug-likeness (QED) is 0.889. The molecule has 1 aliphatic heterocycles. The minimum atomic E-state index is 0.0903. The summed E-state index contributed by atoms with van der Waals surface area (Å²) in [5.74, 6) is 0. The van der Waals surface area contributed by atoms with E-state index in [4.69, 9.17) is 0 Å². The molecule has 0 aliphatic carbocycles. The molecule has 19 heavy (non-hydrogen) atoms. The predicted octanol–water partition coefficient (Wildman–Crippen LogP) is 3.35. The second kappa shape index (κ2) is 5.72. The molecule has 1 aromatic carbocycles. The van der Waals surface area contributed by atoms with Gasteiger partial charge in [0.05, 0.1) is 12.3 Å². The van der Waals surface area contributed by atoms with Crippen molar-refractivity contribution >= 4 is 5.70 Å². The van der Waals surface area contributed by atoms with Gasteiger partial charge in [0.25, 0.3) is 0 Å².